The molecular weight excluding hydrogens is 1360 g/mol. The topological polar surface area (TPSA) is 450 Å². The van der Waals surface area contributed by atoms with Crippen LogP contribution in [-0.4, -0.2) is 174 Å². The molecule has 106 heavy (non-hydrogen) atoms. The molecule has 1 fully saturated rings. The van der Waals surface area contributed by atoms with E-state index in [1.807, 2.05) is 62.4 Å². The van der Waals surface area contributed by atoms with Gasteiger partial charge in [0, 0.05) is 38.1 Å². The van der Waals surface area contributed by atoms with Crippen molar-refractivity contribution >= 4 is 71.1 Å². The predicted molar refractivity (Wildman–Crippen MR) is 398 cm³/mol. The van der Waals surface area contributed by atoms with E-state index in [1.165, 1.54) is 4.90 Å². The lowest BCUT2D eigenvalue weighted by molar-refractivity contribution is -0.149. The molecular formula is C78H104N14O14. The van der Waals surface area contributed by atoms with Crippen LogP contribution in [-0.2, 0) is 76.7 Å². The zero-order chi connectivity index (χ0) is 76.8. The number of amides is 11. The Balaban J connectivity index is 1.05. The van der Waals surface area contributed by atoms with Crippen LogP contribution in [0.5, 0.6) is 0 Å². The van der Waals surface area contributed by atoms with E-state index in [0.29, 0.717) is 23.1 Å². The fourth-order valence-corrected chi connectivity index (χ4v) is 13.2. The summed E-state index contributed by atoms with van der Waals surface area (Å²) in [6.45, 7) is 7.25. The van der Waals surface area contributed by atoms with Crippen molar-refractivity contribution in [1.29, 1.82) is 0 Å². The van der Waals surface area contributed by atoms with Crippen LogP contribution in [0.25, 0.3) is 11.1 Å². The van der Waals surface area contributed by atoms with Gasteiger partial charge in [-0.15, -0.1) is 0 Å². The van der Waals surface area contributed by atoms with Crippen molar-refractivity contribution in [2.45, 2.75) is 184 Å². The third-order valence-corrected chi connectivity index (χ3v) is 18.8. The van der Waals surface area contributed by atoms with Gasteiger partial charge in [0.2, 0.25) is 59.1 Å². The van der Waals surface area contributed by atoms with Gasteiger partial charge in [-0.25, -0.2) is 9.59 Å². The van der Waals surface area contributed by atoms with Gasteiger partial charge in [-0.05, 0) is 135 Å². The van der Waals surface area contributed by atoms with Crippen LogP contribution < -0.4 is 70.8 Å². The lowest BCUT2D eigenvalue weighted by Gasteiger charge is -2.30. The summed E-state index contributed by atoms with van der Waals surface area (Å²) in [5.74, 6) is -10.4. The number of nitrogens with zero attached hydrogens (tertiary/aromatic N) is 1. The van der Waals surface area contributed by atoms with Crippen LogP contribution >= 0.6 is 0 Å². The molecule has 1 heterocycles. The molecule has 1 aliphatic carbocycles. The molecule has 0 unspecified atom stereocenters. The second-order valence-electron chi connectivity index (χ2n) is 27.7. The number of carboxylic acid groups (broad SMARTS) is 1. The molecule has 5 aromatic carbocycles. The molecule has 10 atom stereocenters. The number of nitrogens with two attached hydrogens (primary N) is 4. The highest BCUT2D eigenvalue weighted by Crippen LogP contribution is 2.44. The van der Waals surface area contributed by atoms with Crippen LogP contribution in [0, 0.1) is 11.8 Å². The molecule has 28 nitrogen and oxygen atoms in total. The fraction of sp³-hybridized carbons (Fsp3) is 0.462. The number of ether oxygens (including phenoxy) is 1. The van der Waals surface area contributed by atoms with E-state index >= 15 is 0 Å². The Morgan fingerprint density at radius 1 is 0.453 bits per heavy atom. The van der Waals surface area contributed by atoms with Gasteiger partial charge >= 0.3 is 12.1 Å². The summed E-state index contributed by atoms with van der Waals surface area (Å²) >= 11 is 0. The van der Waals surface area contributed by atoms with Gasteiger partial charge in [-0.2, -0.15) is 0 Å². The highest BCUT2D eigenvalue weighted by Gasteiger charge is 2.41. The molecule has 11 amide bonds. The maximum absolute atomic E-state index is 14.8. The van der Waals surface area contributed by atoms with Gasteiger partial charge in [0.15, 0.2) is 0 Å². The summed E-state index contributed by atoms with van der Waals surface area (Å²) in [4.78, 5) is 171. The molecule has 5 aromatic rings. The normalized spacial score (nSPS) is 15.6. The van der Waals surface area contributed by atoms with E-state index in [4.69, 9.17) is 27.7 Å². The monoisotopic (exact) mass is 1460 g/mol. The van der Waals surface area contributed by atoms with Gasteiger partial charge < -0.3 is 85.5 Å². The van der Waals surface area contributed by atoms with Crippen molar-refractivity contribution < 1.29 is 67.4 Å². The first kappa shape index (κ1) is 82.7. The zero-order valence-corrected chi connectivity index (χ0v) is 60.7. The second kappa shape index (κ2) is 41.8. The molecule has 0 spiro atoms. The minimum absolute atomic E-state index is 0.0135. The number of nitrogens with one attached hydrogen (secondary N) is 9. The second-order valence-corrected chi connectivity index (χ2v) is 27.7. The SMILES string of the molecule is CC(C)C[C@H](NC(=O)[C@H](CCCN)NC(=O)[C@@H](NC(=O)[C@H](CCCN)NC(=O)[C@H](CCC(N)=O)NC(=O)[C@H](CCCN)NC(=O)[C@@H](Cc1ccccc1)NC(=O)[C@H](Cc1ccccc1)NC(=O)OCC1c2ccccc2-c2ccccc21)C(C)C)C(=O)N[C@H](Cc1ccccc1)C(=O)N1CCC[C@H]1C(=O)O. The van der Waals surface area contributed by atoms with E-state index in [9.17, 15) is 62.6 Å². The first-order valence-corrected chi connectivity index (χ1v) is 36.5. The van der Waals surface area contributed by atoms with Crippen LogP contribution in [0.3, 0.4) is 0 Å². The summed E-state index contributed by atoms with van der Waals surface area (Å²) in [7, 11) is 0. The molecule has 0 aromatic heterocycles. The van der Waals surface area contributed by atoms with Gasteiger partial charge in [-0.1, -0.05) is 167 Å². The highest BCUT2D eigenvalue weighted by atomic mass is 16.5. The Morgan fingerprint density at radius 3 is 1.25 bits per heavy atom. The maximum Gasteiger partial charge on any atom is 0.407 e. The molecule has 570 valence electrons. The number of carbonyl (C=O) groups is 12. The first-order valence-electron chi connectivity index (χ1n) is 36.5. The molecule has 18 N–H and O–H groups in total. The lowest BCUT2D eigenvalue weighted by Crippen LogP contribution is -2.61. The van der Waals surface area contributed by atoms with Crippen molar-refractivity contribution in [2.24, 2.45) is 34.8 Å². The van der Waals surface area contributed by atoms with Crippen LogP contribution in [0.15, 0.2) is 140 Å². The number of alkyl carbamates (subject to hydrolysis) is 1. The highest BCUT2D eigenvalue weighted by molar-refractivity contribution is 5.99. The van der Waals surface area contributed by atoms with E-state index in [1.54, 1.807) is 105 Å². The number of carbonyl (C=O) groups excluding carboxylic acids is 11. The molecule has 2 aliphatic rings. The minimum atomic E-state index is -1.58. The van der Waals surface area contributed by atoms with Gasteiger partial charge in [0.1, 0.15) is 67.0 Å². The van der Waals surface area contributed by atoms with Crippen LogP contribution in [0.2, 0.25) is 0 Å². The molecule has 0 radical (unpaired) electrons. The van der Waals surface area contributed by atoms with E-state index < -0.39 is 144 Å². The van der Waals surface area contributed by atoms with E-state index in [-0.39, 0.29) is 122 Å². The summed E-state index contributed by atoms with van der Waals surface area (Å²) < 4.78 is 5.87. The Kier molecular flexibility index (Phi) is 32.6. The number of hydrogen-bond acceptors (Lipinski definition) is 16. The van der Waals surface area contributed by atoms with Gasteiger partial charge in [0.05, 0.1) is 0 Å². The van der Waals surface area contributed by atoms with Crippen molar-refractivity contribution in [3.63, 3.8) is 0 Å². The zero-order valence-electron chi connectivity index (χ0n) is 60.7. The van der Waals surface area contributed by atoms with Crippen molar-refractivity contribution in [2.75, 3.05) is 32.8 Å². The number of primary amides is 1. The third kappa shape index (κ3) is 24.8. The number of aliphatic carboxylic acids is 1. The number of likely N-dealkylation sites (tertiary alicyclic amines) is 1. The number of carboxylic acids is 1. The van der Waals surface area contributed by atoms with Crippen molar-refractivity contribution in [3.05, 3.63) is 167 Å². The van der Waals surface area contributed by atoms with Crippen molar-refractivity contribution in [3.8, 4) is 11.1 Å². The summed E-state index contributed by atoms with van der Waals surface area (Å²) in [5, 5.41) is 34.5. The number of hydrogen-bond donors (Lipinski definition) is 14. The quantitative estimate of drug-likeness (QED) is 0.0267. The fourth-order valence-electron chi connectivity index (χ4n) is 13.2. The molecule has 0 bridgehead atoms. The summed E-state index contributed by atoms with van der Waals surface area (Å²) in [6.07, 6.45) is -0.629. The summed E-state index contributed by atoms with van der Waals surface area (Å²) in [5.41, 5.74) is 29.4. The third-order valence-electron chi connectivity index (χ3n) is 18.8. The lowest BCUT2D eigenvalue weighted by atomic mass is 9.98. The number of benzene rings is 5. The smallest absolute Gasteiger partial charge is 0.407 e. The number of fused-ring (bicyclic) bond motifs is 3. The maximum atomic E-state index is 14.8. The molecule has 0 saturated carbocycles. The number of rotatable bonds is 42. The first-order chi connectivity index (χ1) is 50.9. The molecule has 1 aliphatic heterocycles. The standard InChI is InChI=1S/C78H104N14O14/c1-47(2)42-61(72(98)89-64(45-51-26-12-7-13-27-51)76(102)92-41-21-35-65(92)77(103)104)87-69(95)58(33-19-39-80)86-75(101)67(48(3)4)91-71(97)59(34-20-40-81)83-70(96)60(36-37-66(82)93)85-68(94)57(32-18-38-79)84-73(99)62(43-49-22-8-5-9-23-49)88-74(100)63(44-50-24-10-6-11-25-50)90-78(105)106-46-56-54-30-16-14-28-52(54)53-29-15-17-31-55(53)56/h5-17,22-31,47-48,56-65,67H,18-21,32-46,79-81H2,1-4H3,(H2,82,93)(H,83,96)(H,84,99)(H,85,94)(H,86,101)(H,87,95)(H,88,100)(H,89,98)(H,90,105)(H,91,97)(H,103,104)/t57-,58-,59-,60-,61-,62+,63-,64+,65-,67-/m0/s1. The molecule has 1 saturated heterocycles. The molecule has 28 heteroatoms. The predicted octanol–water partition coefficient (Wildman–Crippen LogP) is 2.76. The Bertz CT molecular complexity index is 3750. The van der Waals surface area contributed by atoms with Crippen LogP contribution in [0.1, 0.15) is 132 Å². The minimum Gasteiger partial charge on any atom is -0.480 e. The van der Waals surface area contributed by atoms with Crippen molar-refractivity contribution in [1.82, 2.24) is 52.8 Å². The Morgan fingerprint density at radius 2 is 0.821 bits per heavy atom. The largest absolute Gasteiger partial charge is 0.480 e. The van der Waals surface area contributed by atoms with Gasteiger partial charge in [0.25, 0.3) is 0 Å². The average Bonchev–Trinajstić information content (AvgIpc) is 1.61. The average molecular weight is 1460 g/mol. The summed E-state index contributed by atoms with van der Waals surface area (Å²) in [6, 6.07) is 28.9. The Hall–Kier alpha value is -10.6. The Labute approximate surface area is 618 Å². The van der Waals surface area contributed by atoms with E-state index in [2.05, 4.69) is 47.9 Å². The van der Waals surface area contributed by atoms with Gasteiger partial charge in [-0.3, -0.25) is 47.9 Å². The van der Waals surface area contributed by atoms with E-state index in [0.717, 1.165) is 22.3 Å². The molecule has 7 rings (SSSR count). The van der Waals surface area contributed by atoms with Crippen LogP contribution in [0.4, 0.5) is 4.79 Å².